The second-order valence-electron chi connectivity index (χ2n) is 7.04. The summed E-state index contributed by atoms with van der Waals surface area (Å²) in [4.78, 5) is 43.0. The van der Waals surface area contributed by atoms with E-state index in [1.165, 1.54) is 0 Å². The van der Waals surface area contributed by atoms with Crippen LogP contribution in [0, 0.1) is 0 Å². The number of benzene rings is 1. The fourth-order valence-corrected chi connectivity index (χ4v) is 3.72. The van der Waals surface area contributed by atoms with Gasteiger partial charge in [0.15, 0.2) is 0 Å². The van der Waals surface area contributed by atoms with Crippen molar-refractivity contribution < 1.29 is 19.1 Å². The van der Waals surface area contributed by atoms with E-state index in [9.17, 15) is 14.4 Å². The lowest BCUT2D eigenvalue weighted by atomic mass is 9.91. The van der Waals surface area contributed by atoms with Crippen molar-refractivity contribution in [2.24, 2.45) is 0 Å². The summed E-state index contributed by atoms with van der Waals surface area (Å²) < 4.78 is 5.20. The standard InChI is InChI=1S/C20H20N4O4/c1-28-15-5-4-14-11-24(17(25)16(14)9-15)12-20(18(26)22-19(27)23-20)7-6-13-3-2-8-21-10-13/h2-5,8-10H,6-7,11-12H2,1H3,(H2,22,23,26,27)/t20-/m1/s1. The molecule has 0 spiro atoms. The maximum absolute atomic E-state index is 12.9. The highest BCUT2D eigenvalue weighted by Crippen LogP contribution is 2.29. The Bertz CT molecular complexity index is 946. The molecule has 0 unspecified atom stereocenters. The van der Waals surface area contributed by atoms with E-state index in [4.69, 9.17) is 4.74 Å². The van der Waals surface area contributed by atoms with Crippen molar-refractivity contribution in [3.8, 4) is 5.75 Å². The summed E-state index contributed by atoms with van der Waals surface area (Å²) in [6.45, 7) is 0.483. The molecule has 1 atom stereocenters. The Morgan fingerprint density at radius 1 is 1.25 bits per heavy atom. The highest BCUT2D eigenvalue weighted by molar-refractivity contribution is 6.08. The SMILES string of the molecule is COc1ccc2c(c1)C(=O)N(C[C@@]1(CCc3cccnc3)NC(=O)NC1=O)C2. The Morgan fingerprint density at radius 2 is 2.11 bits per heavy atom. The minimum atomic E-state index is -1.17. The first-order chi connectivity index (χ1) is 13.5. The van der Waals surface area contributed by atoms with Gasteiger partial charge in [-0.15, -0.1) is 0 Å². The van der Waals surface area contributed by atoms with E-state index in [1.807, 2.05) is 18.2 Å². The lowest BCUT2D eigenvalue weighted by Crippen LogP contribution is -2.55. The molecule has 1 aromatic heterocycles. The Morgan fingerprint density at radius 3 is 2.79 bits per heavy atom. The first-order valence-corrected chi connectivity index (χ1v) is 8.99. The van der Waals surface area contributed by atoms with Crippen LogP contribution in [0.5, 0.6) is 5.75 Å². The number of ether oxygens (including phenoxy) is 1. The van der Waals surface area contributed by atoms with Crippen molar-refractivity contribution in [2.45, 2.75) is 24.9 Å². The van der Waals surface area contributed by atoms with Gasteiger partial charge in [0.2, 0.25) is 0 Å². The summed E-state index contributed by atoms with van der Waals surface area (Å²) >= 11 is 0. The molecule has 0 bridgehead atoms. The molecule has 2 aromatic rings. The molecule has 3 heterocycles. The van der Waals surface area contributed by atoms with Crippen molar-refractivity contribution in [1.82, 2.24) is 20.5 Å². The van der Waals surface area contributed by atoms with Crippen LogP contribution >= 0.6 is 0 Å². The number of hydrogen-bond donors (Lipinski definition) is 2. The molecule has 4 rings (SSSR count). The van der Waals surface area contributed by atoms with Crippen LogP contribution in [0.2, 0.25) is 0 Å². The molecule has 4 amide bonds. The third kappa shape index (κ3) is 3.17. The van der Waals surface area contributed by atoms with Gasteiger partial charge in [-0.2, -0.15) is 0 Å². The van der Waals surface area contributed by atoms with Gasteiger partial charge in [0, 0.05) is 24.5 Å². The lowest BCUT2D eigenvalue weighted by molar-refractivity contribution is -0.124. The van der Waals surface area contributed by atoms with Crippen LogP contribution in [0.15, 0.2) is 42.7 Å². The fraction of sp³-hybridized carbons (Fsp3) is 0.300. The van der Waals surface area contributed by atoms with Crippen molar-refractivity contribution >= 4 is 17.8 Å². The highest BCUT2D eigenvalue weighted by Gasteiger charge is 2.48. The number of imide groups is 1. The third-order valence-corrected chi connectivity index (χ3v) is 5.23. The number of methoxy groups -OCH3 is 1. The first kappa shape index (κ1) is 18.0. The van der Waals surface area contributed by atoms with E-state index in [2.05, 4.69) is 15.6 Å². The van der Waals surface area contributed by atoms with Gasteiger partial charge in [0.25, 0.3) is 11.8 Å². The monoisotopic (exact) mass is 380 g/mol. The quantitative estimate of drug-likeness (QED) is 0.735. The van der Waals surface area contributed by atoms with E-state index in [0.29, 0.717) is 30.7 Å². The van der Waals surface area contributed by atoms with Crippen LogP contribution in [-0.2, 0) is 17.8 Å². The largest absolute Gasteiger partial charge is 0.497 e. The Labute approximate surface area is 161 Å². The predicted molar refractivity (Wildman–Crippen MR) is 99.7 cm³/mol. The molecular weight excluding hydrogens is 360 g/mol. The van der Waals surface area contributed by atoms with E-state index >= 15 is 0 Å². The number of hydrogen-bond acceptors (Lipinski definition) is 5. The van der Waals surface area contributed by atoms with Crippen LogP contribution in [-0.4, -0.2) is 46.9 Å². The zero-order chi connectivity index (χ0) is 19.7. The maximum atomic E-state index is 12.9. The van der Waals surface area contributed by atoms with Gasteiger partial charge in [-0.05, 0) is 42.2 Å². The normalized spacial score (nSPS) is 20.8. The van der Waals surface area contributed by atoms with E-state index in [0.717, 1.165) is 11.1 Å². The number of amides is 4. The molecule has 28 heavy (non-hydrogen) atoms. The topological polar surface area (TPSA) is 101 Å². The average Bonchev–Trinajstić information content (AvgIpc) is 3.16. The zero-order valence-corrected chi connectivity index (χ0v) is 15.4. The highest BCUT2D eigenvalue weighted by atomic mass is 16.5. The second-order valence-corrected chi connectivity index (χ2v) is 7.04. The van der Waals surface area contributed by atoms with E-state index in [1.54, 1.807) is 36.5 Å². The molecule has 2 aliphatic rings. The first-order valence-electron chi connectivity index (χ1n) is 8.99. The van der Waals surface area contributed by atoms with Crippen molar-refractivity contribution in [2.75, 3.05) is 13.7 Å². The van der Waals surface area contributed by atoms with Gasteiger partial charge in [-0.3, -0.25) is 19.9 Å². The van der Waals surface area contributed by atoms with Crippen molar-refractivity contribution in [1.29, 1.82) is 0 Å². The van der Waals surface area contributed by atoms with Crippen LogP contribution in [0.1, 0.15) is 27.9 Å². The molecule has 1 saturated heterocycles. The van der Waals surface area contributed by atoms with Gasteiger partial charge >= 0.3 is 6.03 Å². The summed E-state index contributed by atoms with van der Waals surface area (Å²) in [7, 11) is 1.55. The number of nitrogens with one attached hydrogen (secondary N) is 2. The summed E-state index contributed by atoms with van der Waals surface area (Å²) in [6.07, 6.45) is 4.31. The zero-order valence-electron chi connectivity index (χ0n) is 15.4. The Hall–Kier alpha value is -3.42. The number of fused-ring (bicyclic) bond motifs is 1. The molecule has 144 valence electrons. The molecule has 1 fully saturated rings. The van der Waals surface area contributed by atoms with Crippen molar-refractivity contribution in [3.63, 3.8) is 0 Å². The third-order valence-electron chi connectivity index (χ3n) is 5.23. The molecule has 8 heteroatoms. The number of nitrogens with zero attached hydrogens (tertiary/aromatic N) is 2. The number of urea groups is 1. The van der Waals surface area contributed by atoms with Crippen LogP contribution in [0.3, 0.4) is 0 Å². The predicted octanol–water partition coefficient (Wildman–Crippen LogP) is 1.26. The number of pyridine rings is 1. The molecular formula is C20H20N4O4. The smallest absolute Gasteiger partial charge is 0.322 e. The molecule has 2 N–H and O–H groups in total. The van der Waals surface area contributed by atoms with Gasteiger partial charge in [0.05, 0.1) is 13.7 Å². The summed E-state index contributed by atoms with van der Waals surface area (Å²) in [6, 6.07) is 8.55. The molecule has 0 saturated carbocycles. The van der Waals surface area contributed by atoms with Gasteiger partial charge in [0.1, 0.15) is 11.3 Å². The number of rotatable bonds is 6. The molecule has 0 aliphatic carbocycles. The molecule has 8 nitrogen and oxygen atoms in total. The van der Waals surface area contributed by atoms with Crippen LogP contribution in [0.25, 0.3) is 0 Å². The van der Waals surface area contributed by atoms with Crippen LogP contribution < -0.4 is 15.4 Å². The Kier molecular flexibility index (Phi) is 4.46. The van der Waals surface area contributed by atoms with Gasteiger partial charge in [-0.1, -0.05) is 12.1 Å². The summed E-state index contributed by atoms with van der Waals surface area (Å²) in [5, 5.41) is 5.06. The van der Waals surface area contributed by atoms with E-state index in [-0.39, 0.29) is 12.5 Å². The number of carbonyl (C=O) groups is 3. The van der Waals surface area contributed by atoms with Gasteiger partial charge in [-0.25, -0.2) is 4.79 Å². The number of aromatic nitrogens is 1. The van der Waals surface area contributed by atoms with Crippen LogP contribution in [0.4, 0.5) is 4.79 Å². The summed E-state index contributed by atoms with van der Waals surface area (Å²) in [5.74, 6) is 0.0125. The lowest BCUT2D eigenvalue weighted by Gasteiger charge is -2.31. The van der Waals surface area contributed by atoms with Gasteiger partial charge < -0.3 is 15.0 Å². The molecule has 0 radical (unpaired) electrons. The average molecular weight is 380 g/mol. The summed E-state index contributed by atoms with van der Waals surface area (Å²) in [5.41, 5.74) is 1.22. The fourth-order valence-electron chi connectivity index (χ4n) is 3.72. The van der Waals surface area contributed by atoms with E-state index < -0.39 is 17.5 Å². The maximum Gasteiger partial charge on any atom is 0.322 e. The number of carbonyl (C=O) groups excluding carboxylic acids is 3. The Balaban J connectivity index is 1.56. The van der Waals surface area contributed by atoms with Crippen molar-refractivity contribution in [3.05, 3.63) is 59.4 Å². The second kappa shape index (κ2) is 6.95. The minimum Gasteiger partial charge on any atom is -0.497 e. The molecule has 2 aliphatic heterocycles. The minimum absolute atomic E-state index is 0.0979. The molecule has 1 aromatic carbocycles. The number of aryl methyl sites for hydroxylation is 1.